The number of carbonyl (C=O) groups is 2. The number of thioether (sulfide) groups is 1. The number of hydrogen-bond acceptors (Lipinski definition) is 7. The summed E-state index contributed by atoms with van der Waals surface area (Å²) in [7, 11) is 0. The van der Waals surface area contributed by atoms with Gasteiger partial charge < -0.3 is 13.9 Å². The maximum atomic E-state index is 12.0. The molecule has 8 nitrogen and oxygen atoms in total. The van der Waals surface area contributed by atoms with Gasteiger partial charge in [-0.2, -0.15) is 0 Å². The SMILES string of the molecule is Cc1cc2cc3c(cc2nc1SCC(=O)NNC(=O)c1ccco1)OCCO3. The van der Waals surface area contributed by atoms with Crippen LogP contribution in [0, 0.1) is 6.92 Å². The van der Waals surface area contributed by atoms with Gasteiger partial charge in [0.15, 0.2) is 17.3 Å². The first-order valence-corrected chi connectivity index (χ1v) is 9.55. The van der Waals surface area contributed by atoms with Crippen LogP contribution in [-0.4, -0.2) is 35.8 Å². The van der Waals surface area contributed by atoms with Crippen LogP contribution in [0.25, 0.3) is 10.9 Å². The van der Waals surface area contributed by atoms with Gasteiger partial charge in [-0.1, -0.05) is 11.8 Å². The minimum atomic E-state index is -0.518. The summed E-state index contributed by atoms with van der Waals surface area (Å²) in [5, 5.41) is 1.68. The Morgan fingerprint density at radius 1 is 1.14 bits per heavy atom. The van der Waals surface area contributed by atoms with E-state index in [1.165, 1.54) is 24.1 Å². The van der Waals surface area contributed by atoms with E-state index in [1.807, 2.05) is 25.1 Å². The van der Waals surface area contributed by atoms with Crippen LogP contribution in [0.3, 0.4) is 0 Å². The molecule has 144 valence electrons. The molecule has 1 aliphatic heterocycles. The summed E-state index contributed by atoms with van der Waals surface area (Å²) >= 11 is 1.29. The van der Waals surface area contributed by atoms with Crippen LogP contribution in [0.15, 0.2) is 46.0 Å². The number of nitrogens with one attached hydrogen (secondary N) is 2. The number of hydrogen-bond donors (Lipinski definition) is 2. The Morgan fingerprint density at radius 3 is 2.68 bits per heavy atom. The molecule has 0 saturated carbocycles. The van der Waals surface area contributed by atoms with Crippen molar-refractivity contribution in [3.8, 4) is 11.5 Å². The molecule has 0 saturated heterocycles. The largest absolute Gasteiger partial charge is 0.486 e. The number of pyridine rings is 1. The Labute approximate surface area is 164 Å². The second kappa shape index (κ2) is 7.81. The number of benzene rings is 1. The minimum Gasteiger partial charge on any atom is -0.486 e. The molecular weight excluding hydrogens is 382 g/mol. The first-order chi connectivity index (χ1) is 13.6. The van der Waals surface area contributed by atoms with Crippen LogP contribution in [-0.2, 0) is 4.79 Å². The predicted molar refractivity (Wildman–Crippen MR) is 103 cm³/mol. The van der Waals surface area contributed by atoms with Crippen LogP contribution in [0.1, 0.15) is 16.1 Å². The van der Waals surface area contributed by atoms with Crippen LogP contribution < -0.4 is 20.3 Å². The summed E-state index contributed by atoms with van der Waals surface area (Å²) in [5.74, 6) is 0.734. The number of hydrazine groups is 1. The predicted octanol–water partition coefficient (Wildman–Crippen LogP) is 2.46. The number of carbonyl (C=O) groups excluding carboxylic acids is 2. The van der Waals surface area contributed by atoms with Gasteiger partial charge in [-0.3, -0.25) is 20.4 Å². The maximum Gasteiger partial charge on any atom is 0.305 e. The fourth-order valence-corrected chi connectivity index (χ4v) is 3.50. The molecule has 1 aliphatic rings. The van der Waals surface area contributed by atoms with Crippen LogP contribution >= 0.6 is 11.8 Å². The summed E-state index contributed by atoms with van der Waals surface area (Å²) < 4.78 is 16.2. The zero-order valence-corrected chi connectivity index (χ0v) is 15.8. The monoisotopic (exact) mass is 399 g/mol. The molecular formula is C19H17N3O5S. The number of aryl methyl sites for hydroxylation is 1. The van der Waals surface area contributed by atoms with Crippen molar-refractivity contribution in [1.82, 2.24) is 15.8 Å². The van der Waals surface area contributed by atoms with Gasteiger partial charge in [0.05, 0.1) is 17.5 Å². The second-order valence-electron chi connectivity index (χ2n) is 6.07. The molecule has 9 heteroatoms. The molecule has 0 aliphatic carbocycles. The molecule has 2 N–H and O–H groups in total. The molecule has 1 aromatic carbocycles. The maximum absolute atomic E-state index is 12.0. The van der Waals surface area contributed by atoms with E-state index in [0.717, 1.165) is 21.5 Å². The Balaban J connectivity index is 1.40. The van der Waals surface area contributed by atoms with Gasteiger partial charge in [-0.25, -0.2) is 4.98 Å². The Bertz CT molecular complexity index is 1040. The van der Waals surface area contributed by atoms with E-state index in [2.05, 4.69) is 15.8 Å². The molecule has 4 rings (SSSR count). The lowest BCUT2D eigenvalue weighted by Crippen LogP contribution is -2.42. The van der Waals surface area contributed by atoms with E-state index in [1.54, 1.807) is 6.07 Å². The lowest BCUT2D eigenvalue weighted by molar-refractivity contribution is -0.119. The van der Waals surface area contributed by atoms with Gasteiger partial charge >= 0.3 is 5.91 Å². The lowest BCUT2D eigenvalue weighted by atomic mass is 10.1. The topological polar surface area (TPSA) is 103 Å². The third kappa shape index (κ3) is 3.89. The van der Waals surface area contributed by atoms with Gasteiger partial charge in [-0.05, 0) is 36.8 Å². The number of rotatable bonds is 4. The minimum absolute atomic E-state index is 0.0995. The van der Waals surface area contributed by atoms with E-state index in [9.17, 15) is 9.59 Å². The molecule has 0 bridgehead atoms. The van der Waals surface area contributed by atoms with Crippen molar-refractivity contribution < 1.29 is 23.5 Å². The van der Waals surface area contributed by atoms with Gasteiger partial charge in [-0.15, -0.1) is 0 Å². The molecule has 2 aromatic heterocycles. The second-order valence-corrected chi connectivity index (χ2v) is 7.03. The number of nitrogens with zero attached hydrogens (tertiary/aromatic N) is 1. The smallest absolute Gasteiger partial charge is 0.305 e. The third-order valence-electron chi connectivity index (χ3n) is 4.02. The van der Waals surface area contributed by atoms with Crippen LogP contribution in [0.4, 0.5) is 0 Å². The van der Waals surface area contributed by atoms with Crippen molar-refractivity contribution in [3.05, 3.63) is 47.9 Å². The van der Waals surface area contributed by atoms with Crippen LogP contribution in [0.5, 0.6) is 11.5 Å². The summed E-state index contributed by atoms with van der Waals surface area (Å²) in [6.45, 7) is 2.97. The molecule has 0 atom stereocenters. The molecule has 3 heterocycles. The Kier molecular flexibility index (Phi) is 5.07. The molecule has 0 spiro atoms. The fourth-order valence-electron chi connectivity index (χ4n) is 2.71. The molecule has 2 amide bonds. The number of amides is 2. The highest BCUT2D eigenvalue weighted by Crippen LogP contribution is 2.35. The molecule has 3 aromatic rings. The third-order valence-corrected chi connectivity index (χ3v) is 5.12. The van der Waals surface area contributed by atoms with Crippen molar-refractivity contribution >= 4 is 34.5 Å². The van der Waals surface area contributed by atoms with Crippen molar-refractivity contribution in [2.24, 2.45) is 0 Å². The van der Waals surface area contributed by atoms with Crippen molar-refractivity contribution in [3.63, 3.8) is 0 Å². The fraction of sp³-hybridized carbons (Fsp3) is 0.211. The molecule has 0 radical (unpaired) electrons. The van der Waals surface area contributed by atoms with Crippen LogP contribution in [0.2, 0.25) is 0 Å². The van der Waals surface area contributed by atoms with E-state index in [-0.39, 0.29) is 17.4 Å². The zero-order valence-electron chi connectivity index (χ0n) is 15.0. The van der Waals surface area contributed by atoms with Crippen molar-refractivity contribution in [2.45, 2.75) is 11.9 Å². The highest BCUT2D eigenvalue weighted by atomic mass is 32.2. The van der Waals surface area contributed by atoms with Gasteiger partial charge in [0.1, 0.15) is 18.2 Å². The Hall–Kier alpha value is -3.20. The number of ether oxygens (including phenoxy) is 2. The van der Waals surface area contributed by atoms with Gasteiger partial charge in [0, 0.05) is 11.5 Å². The summed E-state index contributed by atoms with van der Waals surface area (Å²) in [4.78, 5) is 28.4. The first-order valence-electron chi connectivity index (χ1n) is 8.56. The molecule has 28 heavy (non-hydrogen) atoms. The number of fused-ring (bicyclic) bond motifs is 2. The highest BCUT2D eigenvalue weighted by molar-refractivity contribution is 7.99. The first kappa shape index (κ1) is 18.2. The van der Waals surface area contributed by atoms with E-state index in [0.29, 0.717) is 24.7 Å². The highest BCUT2D eigenvalue weighted by Gasteiger charge is 2.15. The summed E-state index contributed by atoms with van der Waals surface area (Å²) in [6, 6.07) is 8.85. The van der Waals surface area contributed by atoms with Crippen molar-refractivity contribution in [1.29, 1.82) is 0 Å². The van der Waals surface area contributed by atoms with E-state index in [4.69, 9.17) is 13.9 Å². The van der Waals surface area contributed by atoms with Gasteiger partial charge in [0.2, 0.25) is 5.91 Å². The van der Waals surface area contributed by atoms with E-state index >= 15 is 0 Å². The van der Waals surface area contributed by atoms with Crippen molar-refractivity contribution in [2.75, 3.05) is 19.0 Å². The lowest BCUT2D eigenvalue weighted by Gasteiger charge is -2.19. The summed E-state index contributed by atoms with van der Waals surface area (Å²) in [6.07, 6.45) is 1.38. The normalized spacial score (nSPS) is 12.6. The standard InChI is InChI=1S/C19H17N3O5S/c1-11-7-12-8-15-16(27-6-5-26-15)9-13(12)20-19(11)28-10-17(23)21-22-18(24)14-3-2-4-25-14/h2-4,7-9H,5-6,10H2,1H3,(H,21,23)(H,22,24). The molecule has 0 fully saturated rings. The summed E-state index contributed by atoms with van der Waals surface area (Å²) in [5.41, 5.74) is 6.37. The number of aromatic nitrogens is 1. The quantitative estimate of drug-likeness (QED) is 0.513. The average Bonchev–Trinajstić information content (AvgIpc) is 3.24. The number of furan rings is 1. The van der Waals surface area contributed by atoms with E-state index < -0.39 is 5.91 Å². The average molecular weight is 399 g/mol. The zero-order chi connectivity index (χ0) is 19.5. The van der Waals surface area contributed by atoms with Gasteiger partial charge in [0.25, 0.3) is 0 Å². The molecule has 0 unspecified atom stereocenters. The Morgan fingerprint density at radius 2 is 1.93 bits per heavy atom.